The average Bonchev–Trinajstić information content (AvgIpc) is 2.19. The van der Waals surface area contributed by atoms with Gasteiger partial charge >= 0.3 is 0 Å². The molecule has 3 heteroatoms. The van der Waals surface area contributed by atoms with E-state index < -0.39 is 0 Å². The Bertz CT molecular complexity index is 178. The Morgan fingerprint density at radius 1 is 1.31 bits per heavy atom. The Morgan fingerprint density at radius 2 is 1.94 bits per heavy atom. The molecule has 1 aliphatic rings. The van der Waals surface area contributed by atoms with Gasteiger partial charge in [0.15, 0.2) is 0 Å². The van der Waals surface area contributed by atoms with Crippen molar-refractivity contribution in [2.24, 2.45) is 11.7 Å². The smallest absolute Gasteiger partial charge is 0.00975 e. The summed E-state index contributed by atoms with van der Waals surface area (Å²) in [5.74, 6) is 0.891. The molecule has 1 aliphatic heterocycles. The summed E-state index contributed by atoms with van der Waals surface area (Å²) in [6.45, 7) is 9.05. The first-order valence-electron chi connectivity index (χ1n) is 6.65. The van der Waals surface area contributed by atoms with Gasteiger partial charge in [0, 0.05) is 5.54 Å². The molecule has 0 saturated carbocycles. The van der Waals surface area contributed by atoms with E-state index in [0.29, 0.717) is 0 Å². The topological polar surface area (TPSA) is 41.3 Å². The van der Waals surface area contributed by atoms with Crippen LogP contribution in [0.5, 0.6) is 0 Å². The highest BCUT2D eigenvalue weighted by molar-refractivity contribution is 4.74. The van der Waals surface area contributed by atoms with Gasteiger partial charge in [-0.15, -0.1) is 0 Å². The van der Waals surface area contributed by atoms with E-state index >= 15 is 0 Å². The lowest BCUT2D eigenvalue weighted by Crippen LogP contribution is -2.36. The first kappa shape index (κ1) is 13.9. The number of piperidine rings is 1. The fraction of sp³-hybridized carbons (Fsp3) is 1.00. The van der Waals surface area contributed by atoms with Gasteiger partial charge < -0.3 is 16.0 Å². The molecule has 0 amide bonds. The standard InChI is InChI=1S/C13H29N3/c1-13(2,14)7-4-8-15-11-12-5-9-16(3)10-6-12/h12,15H,4-11,14H2,1-3H3. The highest BCUT2D eigenvalue weighted by Crippen LogP contribution is 2.14. The minimum atomic E-state index is -0.00473. The van der Waals surface area contributed by atoms with Gasteiger partial charge in [0.25, 0.3) is 0 Å². The molecule has 0 aromatic rings. The summed E-state index contributed by atoms with van der Waals surface area (Å²) in [6.07, 6.45) is 5.00. The van der Waals surface area contributed by atoms with E-state index in [0.717, 1.165) is 18.9 Å². The predicted octanol–water partition coefficient (Wildman–Crippen LogP) is 1.44. The van der Waals surface area contributed by atoms with E-state index in [4.69, 9.17) is 5.73 Å². The molecular weight excluding hydrogens is 198 g/mol. The van der Waals surface area contributed by atoms with E-state index in [1.807, 2.05) is 0 Å². The minimum Gasteiger partial charge on any atom is -0.326 e. The normalized spacial score (nSPS) is 20.2. The van der Waals surface area contributed by atoms with Crippen molar-refractivity contribution in [3.63, 3.8) is 0 Å². The van der Waals surface area contributed by atoms with Gasteiger partial charge in [-0.25, -0.2) is 0 Å². The van der Waals surface area contributed by atoms with Gasteiger partial charge in [-0.3, -0.25) is 0 Å². The molecular formula is C13H29N3. The molecule has 0 bridgehead atoms. The summed E-state index contributed by atoms with van der Waals surface area (Å²) in [7, 11) is 2.22. The molecule has 0 aromatic heterocycles. The third kappa shape index (κ3) is 6.46. The summed E-state index contributed by atoms with van der Waals surface area (Å²) < 4.78 is 0. The van der Waals surface area contributed by atoms with Gasteiger partial charge in [-0.1, -0.05) is 0 Å². The van der Waals surface area contributed by atoms with E-state index in [2.05, 4.69) is 31.1 Å². The molecule has 96 valence electrons. The summed E-state index contributed by atoms with van der Waals surface area (Å²) in [5, 5.41) is 3.57. The second-order valence-corrected chi connectivity index (χ2v) is 6.04. The summed E-state index contributed by atoms with van der Waals surface area (Å²) in [4.78, 5) is 2.42. The first-order valence-corrected chi connectivity index (χ1v) is 6.65. The fourth-order valence-corrected chi connectivity index (χ4v) is 2.24. The maximum absolute atomic E-state index is 5.94. The van der Waals surface area contributed by atoms with Gasteiger partial charge in [0.2, 0.25) is 0 Å². The van der Waals surface area contributed by atoms with Crippen molar-refractivity contribution in [1.82, 2.24) is 10.2 Å². The lowest BCUT2D eigenvalue weighted by Gasteiger charge is -2.29. The maximum atomic E-state index is 5.94. The van der Waals surface area contributed by atoms with Crippen LogP contribution in [0.15, 0.2) is 0 Å². The van der Waals surface area contributed by atoms with Gasteiger partial charge in [-0.05, 0) is 78.7 Å². The molecule has 0 aromatic carbocycles. The second kappa shape index (κ2) is 6.58. The highest BCUT2D eigenvalue weighted by Gasteiger charge is 2.16. The number of hydrogen-bond donors (Lipinski definition) is 2. The molecule has 3 nitrogen and oxygen atoms in total. The highest BCUT2D eigenvalue weighted by atomic mass is 15.1. The molecule has 1 rings (SSSR count). The van der Waals surface area contributed by atoms with Crippen molar-refractivity contribution in [2.75, 3.05) is 33.2 Å². The Morgan fingerprint density at radius 3 is 2.50 bits per heavy atom. The van der Waals surface area contributed by atoms with Crippen molar-refractivity contribution in [2.45, 2.75) is 45.1 Å². The van der Waals surface area contributed by atoms with Crippen LogP contribution in [-0.4, -0.2) is 43.7 Å². The van der Waals surface area contributed by atoms with Crippen LogP contribution in [0.3, 0.4) is 0 Å². The van der Waals surface area contributed by atoms with Crippen LogP contribution in [0.2, 0.25) is 0 Å². The van der Waals surface area contributed by atoms with E-state index in [1.54, 1.807) is 0 Å². The Hall–Kier alpha value is -0.120. The molecule has 16 heavy (non-hydrogen) atoms. The summed E-state index contributed by atoms with van der Waals surface area (Å²) in [6, 6.07) is 0. The van der Waals surface area contributed by atoms with Crippen LogP contribution >= 0.6 is 0 Å². The average molecular weight is 227 g/mol. The van der Waals surface area contributed by atoms with Crippen LogP contribution in [-0.2, 0) is 0 Å². The molecule has 0 unspecified atom stereocenters. The molecule has 1 saturated heterocycles. The van der Waals surface area contributed by atoms with Crippen LogP contribution in [0.25, 0.3) is 0 Å². The van der Waals surface area contributed by atoms with Crippen LogP contribution in [0, 0.1) is 5.92 Å². The van der Waals surface area contributed by atoms with Crippen molar-refractivity contribution >= 4 is 0 Å². The van der Waals surface area contributed by atoms with E-state index in [-0.39, 0.29) is 5.54 Å². The van der Waals surface area contributed by atoms with Gasteiger partial charge in [0.05, 0.1) is 0 Å². The Labute approximate surface area is 101 Å². The fourth-order valence-electron chi connectivity index (χ4n) is 2.24. The zero-order chi connectivity index (χ0) is 12.0. The number of nitrogens with zero attached hydrogens (tertiary/aromatic N) is 1. The third-order valence-corrected chi connectivity index (χ3v) is 3.45. The van der Waals surface area contributed by atoms with Gasteiger partial charge in [0.1, 0.15) is 0 Å². The van der Waals surface area contributed by atoms with Crippen molar-refractivity contribution < 1.29 is 0 Å². The zero-order valence-corrected chi connectivity index (χ0v) is 11.3. The summed E-state index contributed by atoms with van der Waals surface area (Å²) in [5.41, 5.74) is 5.94. The monoisotopic (exact) mass is 227 g/mol. The van der Waals surface area contributed by atoms with E-state index in [9.17, 15) is 0 Å². The zero-order valence-electron chi connectivity index (χ0n) is 11.3. The largest absolute Gasteiger partial charge is 0.326 e. The molecule has 0 aliphatic carbocycles. The van der Waals surface area contributed by atoms with Crippen molar-refractivity contribution in [1.29, 1.82) is 0 Å². The number of nitrogens with two attached hydrogens (primary N) is 1. The molecule has 3 N–H and O–H groups in total. The molecule has 1 heterocycles. The predicted molar refractivity (Wildman–Crippen MR) is 70.6 cm³/mol. The lowest BCUT2D eigenvalue weighted by molar-refractivity contribution is 0.216. The van der Waals surface area contributed by atoms with E-state index in [1.165, 1.54) is 38.9 Å². The molecule has 1 fully saturated rings. The maximum Gasteiger partial charge on any atom is 0.00975 e. The minimum absolute atomic E-state index is 0.00473. The van der Waals surface area contributed by atoms with Crippen LogP contribution in [0.1, 0.15) is 39.5 Å². The van der Waals surface area contributed by atoms with Gasteiger partial charge in [-0.2, -0.15) is 0 Å². The number of likely N-dealkylation sites (tertiary alicyclic amines) is 1. The summed E-state index contributed by atoms with van der Waals surface area (Å²) >= 11 is 0. The molecule has 0 atom stereocenters. The van der Waals surface area contributed by atoms with Crippen LogP contribution in [0.4, 0.5) is 0 Å². The van der Waals surface area contributed by atoms with Crippen LogP contribution < -0.4 is 11.1 Å². The number of nitrogens with one attached hydrogen (secondary N) is 1. The lowest BCUT2D eigenvalue weighted by atomic mass is 9.97. The molecule has 0 radical (unpaired) electrons. The second-order valence-electron chi connectivity index (χ2n) is 6.04. The Balaban J connectivity index is 1.95. The SMILES string of the molecule is CN1CCC(CNCCCC(C)(C)N)CC1. The number of hydrogen-bond acceptors (Lipinski definition) is 3. The van der Waals surface area contributed by atoms with Crippen molar-refractivity contribution in [3.05, 3.63) is 0 Å². The quantitative estimate of drug-likeness (QED) is 0.675. The third-order valence-electron chi connectivity index (χ3n) is 3.45. The van der Waals surface area contributed by atoms with Crippen molar-refractivity contribution in [3.8, 4) is 0 Å². The number of rotatable bonds is 6. The Kier molecular flexibility index (Phi) is 5.73. The first-order chi connectivity index (χ1) is 7.47. The molecule has 0 spiro atoms.